The van der Waals surface area contributed by atoms with Crippen LogP contribution < -0.4 is 5.73 Å². The van der Waals surface area contributed by atoms with Crippen LogP contribution in [0, 0.1) is 13.8 Å². The Balaban J connectivity index is 1.71. The third-order valence-corrected chi connectivity index (χ3v) is 5.43. The lowest BCUT2D eigenvalue weighted by atomic mass is 10.1. The molecule has 0 saturated heterocycles. The van der Waals surface area contributed by atoms with Gasteiger partial charge in [0.1, 0.15) is 0 Å². The molecule has 27 heavy (non-hydrogen) atoms. The first-order valence-corrected chi connectivity index (χ1v) is 9.57. The van der Waals surface area contributed by atoms with E-state index in [4.69, 9.17) is 22.1 Å². The molecule has 1 aromatic carbocycles. The summed E-state index contributed by atoms with van der Waals surface area (Å²) >= 11 is 7.56. The minimum absolute atomic E-state index is 0.151. The summed E-state index contributed by atoms with van der Waals surface area (Å²) in [6.07, 6.45) is 0. The summed E-state index contributed by atoms with van der Waals surface area (Å²) < 4.78 is 7.24. The molecule has 7 heteroatoms. The molecule has 0 aliphatic rings. The smallest absolute Gasteiger partial charge is 0.340 e. The molecule has 0 atom stereocenters. The summed E-state index contributed by atoms with van der Waals surface area (Å²) in [6.45, 7) is 4.20. The summed E-state index contributed by atoms with van der Waals surface area (Å²) in [7, 11) is 0. The predicted molar refractivity (Wildman–Crippen MR) is 108 cm³/mol. The van der Waals surface area contributed by atoms with Gasteiger partial charge in [-0.3, -0.25) is 4.79 Å². The molecule has 5 nitrogen and oxygen atoms in total. The molecule has 0 spiro atoms. The molecule has 0 amide bonds. The van der Waals surface area contributed by atoms with Gasteiger partial charge in [-0.05, 0) is 49.6 Å². The number of ether oxygens (including phenoxy) is 1. The number of aryl methyl sites for hydroxylation is 1. The standard InChI is InChI=1S/C20H19ClN2O3S/c1-12-8-16(13(2)23(12)10-15-4-3-7-27-15)19(24)11-26-20(25)17-9-14(21)5-6-18(17)22/h3-9H,10-11,22H2,1-2H3. The number of hydrogen-bond donors (Lipinski definition) is 1. The van der Waals surface area contributed by atoms with Crippen LogP contribution in [0.25, 0.3) is 0 Å². The Morgan fingerprint density at radius 2 is 1.96 bits per heavy atom. The first-order valence-electron chi connectivity index (χ1n) is 8.31. The highest BCUT2D eigenvalue weighted by Gasteiger charge is 2.19. The second kappa shape index (κ2) is 7.98. The van der Waals surface area contributed by atoms with Crippen LogP contribution >= 0.6 is 22.9 Å². The number of rotatable bonds is 6. The number of carbonyl (C=O) groups excluding carboxylic acids is 2. The van der Waals surface area contributed by atoms with Crippen molar-refractivity contribution in [3.05, 3.63) is 74.2 Å². The maximum absolute atomic E-state index is 12.6. The molecule has 0 radical (unpaired) electrons. The molecule has 0 aliphatic heterocycles. The number of nitrogen functional groups attached to an aromatic ring is 1. The summed E-state index contributed by atoms with van der Waals surface area (Å²) in [6, 6.07) is 10.4. The molecular formula is C20H19ClN2O3S. The van der Waals surface area contributed by atoms with E-state index in [2.05, 4.69) is 10.6 Å². The van der Waals surface area contributed by atoms with Crippen LogP contribution in [0.5, 0.6) is 0 Å². The lowest BCUT2D eigenvalue weighted by Crippen LogP contribution is -2.16. The largest absolute Gasteiger partial charge is 0.454 e. The molecule has 2 N–H and O–H groups in total. The Morgan fingerprint density at radius 1 is 1.19 bits per heavy atom. The maximum Gasteiger partial charge on any atom is 0.340 e. The van der Waals surface area contributed by atoms with Gasteiger partial charge < -0.3 is 15.0 Å². The number of carbonyl (C=O) groups is 2. The van der Waals surface area contributed by atoms with Crippen LogP contribution in [0.3, 0.4) is 0 Å². The highest BCUT2D eigenvalue weighted by Crippen LogP contribution is 2.21. The fourth-order valence-electron chi connectivity index (χ4n) is 2.88. The molecular weight excluding hydrogens is 384 g/mol. The summed E-state index contributed by atoms with van der Waals surface area (Å²) in [5, 5.41) is 2.40. The minimum Gasteiger partial charge on any atom is -0.454 e. The second-order valence-electron chi connectivity index (χ2n) is 6.18. The van der Waals surface area contributed by atoms with Crippen molar-refractivity contribution in [1.29, 1.82) is 0 Å². The van der Waals surface area contributed by atoms with Crippen molar-refractivity contribution in [3.63, 3.8) is 0 Å². The van der Waals surface area contributed by atoms with Crippen LogP contribution in [0.2, 0.25) is 5.02 Å². The van der Waals surface area contributed by atoms with Crippen molar-refractivity contribution >= 4 is 40.4 Å². The van der Waals surface area contributed by atoms with E-state index in [9.17, 15) is 9.59 Å². The Hall–Kier alpha value is -2.57. The number of esters is 1. The fraction of sp³-hybridized carbons (Fsp3) is 0.200. The van der Waals surface area contributed by atoms with E-state index < -0.39 is 5.97 Å². The molecule has 0 aliphatic carbocycles. The van der Waals surface area contributed by atoms with Gasteiger partial charge in [0, 0.05) is 32.5 Å². The molecule has 2 heterocycles. The van der Waals surface area contributed by atoms with E-state index in [0.717, 1.165) is 11.4 Å². The third kappa shape index (κ3) is 4.23. The monoisotopic (exact) mass is 402 g/mol. The molecule has 140 valence electrons. The number of Topliss-reactive ketones (excluding diaryl/α,β-unsaturated/α-hetero) is 1. The van der Waals surface area contributed by atoms with Crippen molar-refractivity contribution in [3.8, 4) is 0 Å². The van der Waals surface area contributed by atoms with Gasteiger partial charge in [0.2, 0.25) is 5.78 Å². The summed E-state index contributed by atoms with van der Waals surface area (Å²) in [5.41, 5.74) is 8.56. The fourth-order valence-corrected chi connectivity index (χ4v) is 3.74. The van der Waals surface area contributed by atoms with Gasteiger partial charge in [0.05, 0.1) is 12.1 Å². The number of nitrogens with two attached hydrogens (primary N) is 1. The maximum atomic E-state index is 12.6. The number of halogens is 1. The van der Waals surface area contributed by atoms with Crippen molar-refractivity contribution in [2.45, 2.75) is 20.4 Å². The number of thiophene rings is 1. The van der Waals surface area contributed by atoms with Gasteiger partial charge in [-0.1, -0.05) is 17.7 Å². The number of benzene rings is 1. The number of aromatic nitrogens is 1. The third-order valence-electron chi connectivity index (χ3n) is 4.34. The van der Waals surface area contributed by atoms with Gasteiger partial charge in [0.15, 0.2) is 6.61 Å². The highest BCUT2D eigenvalue weighted by molar-refractivity contribution is 7.09. The molecule has 0 bridgehead atoms. The topological polar surface area (TPSA) is 74.3 Å². The number of nitrogens with zero attached hydrogens (tertiary/aromatic N) is 1. The van der Waals surface area contributed by atoms with Crippen molar-refractivity contribution in [2.75, 3.05) is 12.3 Å². The second-order valence-corrected chi connectivity index (χ2v) is 7.65. The SMILES string of the molecule is Cc1cc(C(=O)COC(=O)c2cc(Cl)ccc2N)c(C)n1Cc1cccs1. The highest BCUT2D eigenvalue weighted by atomic mass is 35.5. The Morgan fingerprint density at radius 3 is 2.67 bits per heavy atom. The number of hydrogen-bond acceptors (Lipinski definition) is 5. The molecule has 0 saturated carbocycles. The van der Waals surface area contributed by atoms with Crippen LogP contribution in [0.4, 0.5) is 5.69 Å². The quantitative estimate of drug-likeness (QED) is 0.374. The summed E-state index contributed by atoms with van der Waals surface area (Å²) in [4.78, 5) is 26.0. The Bertz CT molecular complexity index is 993. The molecule has 2 aromatic heterocycles. The van der Waals surface area contributed by atoms with Gasteiger partial charge >= 0.3 is 5.97 Å². The Kier molecular flexibility index (Phi) is 5.68. The lowest BCUT2D eigenvalue weighted by Gasteiger charge is -2.09. The van der Waals surface area contributed by atoms with Gasteiger partial charge in [-0.2, -0.15) is 0 Å². The normalized spacial score (nSPS) is 10.8. The van der Waals surface area contributed by atoms with Gasteiger partial charge in [0.25, 0.3) is 0 Å². The van der Waals surface area contributed by atoms with E-state index in [1.165, 1.54) is 17.0 Å². The van der Waals surface area contributed by atoms with Crippen molar-refractivity contribution in [2.24, 2.45) is 0 Å². The van der Waals surface area contributed by atoms with Crippen LogP contribution in [-0.4, -0.2) is 22.9 Å². The van der Waals surface area contributed by atoms with Crippen LogP contribution in [0.15, 0.2) is 41.8 Å². The van der Waals surface area contributed by atoms with E-state index in [0.29, 0.717) is 17.1 Å². The van der Waals surface area contributed by atoms with Gasteiger partial charge in [-0.15, -0.1) is 11.3 Å². The van der Waals surface area contributed by atoms with Crippen LogP contribution in [0.1, 0.15) is 37.0 Å². The minimum atomic E-state index is -0.671. The average molecular weight is 403 g/mol. The zero-order valence-electron chi connectivity index (χ0n) is 15.0. The van der Waals surface area contributed by atoms with Crippen LogP contribution in [-0.2, 0) is 11.3 Å². The molecule has 0 fully saturated rings. The number of ketones is 1. The van der Waals surface area contributed by atoms with E-state index in [-0.39, 0.29) is 23.6 Å². The average Bonchev–Trinajstić information content (AvgIpc) is 3.25. The lowest BCUT2D eigenvalue weighted by molar-refractivity contribution is 0.0475. The molecule has 0 unspecified atom stereocenters. The van der Waals surface area contributed by atoms with Crippen molar-refractivity contribution < 1.29 is 14.3 Å². The predicted octanol–water partition coefficient (Wildman–Crippen LogP) is 4.49. The van der Waals surface area contributed by atoms with E-state index >= 15 is 0 Å². The Labute approximate surface area is 166 Å². The zero-order chi connectivity index (χ0) is 19.6. The van der Waals surface area contributed by atoms with E-state index in [1.807, 2.05) is 31.4 Å². The molecule has 3 aromatic rings. The first-order chi connectivity index (χ1) is 12.9. The molecule has 3 rings (SSSR count). The van der Waals surface area contributed by atoms with Crippen molar-refractivity contribution in [1.82, 2.24) is 4.57 Å². The van der Waals surface area contributed by atoms with E-state index in [1.54, 1.807) is 17.4 Å². The summed E-state index contributed by atoms with van der Waals surface area (Å²) in [5.74, 6) is -0.926. The first kappa shape index (κ1) is 19.2. The number of anilines is 1. The zero-order valence-corrected chi connectivity index (χ0v) is 16.6. The van der Waals surface area contributed by atoms with Gasteiger partial charge in [-0.25, -0.2) is 4.79 Å².